The van der Waals surface area contributed by atoms with E-state index in [1.54, 1.807) is 6.20 Å². The van der Waals surface area contributed by atoms with Crippen LogP contribution in [0.5, 0.6) is 0 Å². The van der Waals surface area contributed by atoms with Crippen molar-refractivity contribution in [1.82, 2.24) is 9.97 Å². The highest BCUT2D eigenvalue weighted by molar-refractivity contribution is 6.18. The van der Waals surface area contributed by atoms with E-state index in [-0.39, 0.29) is 0 Å². The van der Waals surface area contributed by atoms with Crippen molar-refractivity contribution in [1.29, 1.82) is 0 Å². The molecule has 1 atom stereocenters. The molecule has 76 valence electrons. The van der Waals surface area contributed by atoms with Crippen molar-refractivity contribution in [3.05, 3.63) is 18.1 Å². The minimum Gasteiger partial charge on any atom is -0.352 e. The average Bonchev–Trinajstić information content (AvgIpc) is 2.65. The van der Waals surface area contributed by atoms with Gasteiger partial charge in [0.05, 0.1) is 0 Å². The molecule has 1 fully saturated rings. The predicted molar refractivity (Wildman–Crippen MR) is 57.9 cm³/mol. The van der Waals surface area contributed by atoms with Gasteiger partial charge in [-0.1, -0.05) is 0 Å². The summed E-state index contributed by atoms with van der Waals surface area (Å²) in [5.41, 5.74) is 0. The van der Waals surface area contributed by atoms with Crippen molar-refractivity contribution in [2.75, 3.05) is 17.3 Å². The van der Waals surface area contributed by atoms with Gasteiger partial charge in [0, 0.05) is 24.7 Å². The van der Waals surface area contributed by atoms with E-state index >= 15 is 0 Å². The number of anilines is 1. The molecule has 3 nitrogen and oxygen atoms in total. The summed E-state index contributed by atoms with van der Waals surface area (Å²) in [4.78, 5) is 10.8. The van der Waals surface area contributed by atoms with E-state index in [1.165, 1.54) is 12.8 Å². The molecule has 2 rings (SSSR count). The number of rotatable bonds is 2. The molecule has 14 heavy (non-hydrogen) atoms. The smallest absolute Gasteiger partial charge is 0.132 e. The number of hydrogen-bond acceptors (Lipinski definition) is 3. The summed E-state index contributed by atoms with van der Waals surface area (Å²) in [6.45, 7) is 2.98. The molecule has 1 saturated heterocycles. The van der Waals surface area contributed by atoms with Gasteiger partial charge in [0.1, 0.15) is 11.6 Å². The number of alkyl halides is 1. The first-order valence-corrected chi connectivity index (χ1v) is 5.47. The van der Waals surface area contributed by atoms with Crippen molar-refractivity contribution >= 4 is 17.4 Å². The molecule has 1 aromatic heterocycles. The fraction of sp³-hybridized carbons (Fsp3) is 0.600. The summed E-state index contributed by atoms with van der Waals surface area (Å²) < 4.78 is 0. The van der Waals surface area contributed by atoms with E-state index in [4.69, 9.17) is 11.6 Å². The maximum atomic E-state index is 5.91. The molecular formula is C10H14ClN3. The second-order valence-electron chi connectivity index (χ2n) is 3.61. The Bertz CT molecular complexity index is 316. The van der Waals surface area contributed by atoms with E-state index in [9.17, 15) is 0 Å². The topological polar surface area (TPSA) is 29.0 Å². The Hall–Kier alpha value is -0.830. The summed E-state index contributed by atoms with van der Waals surface area (Å²) in [6, 6.07) is 2.41. The Labute approximate surface area is 89.1 Å². The maximum Gasteiger partial charge on any atom is 0.132 e. The van der Waals surface area contributed by atoms with Crippen molar-refractivity contribution in [2.24, 2.45) is 0 Å². The van der Waals surface area contributed by atoms with Gasteiger partial charge < -0.3 is 4.90 Å². The molecule has 0 spiro atoms. The Morgan fingerprint density at radius 1 is 1.64 bits per heavy atom. The highest BCUT2D eigenvalue weighted by Crippen LogP contribution is 2.23. The quantitative estimate of drug-likeness (QED) is 0.701. The standard InChI is InChI=1S/C10H14ClN3/c1-8-12-5-4-10(13-8)14-6-2-3-9(14)7-11/h4-5,9H,2-3,6-7H2,1H3. The predicted octanol–water partition coefficient (Wildman–Crippen LogP) is 1.99. The fourth-order valence-corrected chi connectivity index (χ4v) is 2.22. The molecule has 1 aliphatic heterocycles. The summed E-state index contributed by atoms with van der Waals surface area (Å²) in [5, 5.41) is 0. The third kappa shape index (κ3) is 1.82. The third-order valence-corrected chi connectivity index (χ3v) is 2.97. The summed E-state index contributed by atoms with van der Waals surface area (Å²) in [6.07, 6.45) is 4.19. The van der Waals surface area contributed by atoms with Gasteiger partial charge >= 0.3 is 0 Å². The van der Waals surface area contributed by atoms with E-state index in [2.05, 4.69) is 14.9 Å². The van der Waals surface area contributed by atoms with Crippen LogP contribution >= 0.6 is 11.6 Å². The monoisotopic (exact) mass is 211 g/mol. The first-order chi connectivity index (χ1) is 6.81. The van der Waals surface area contributed by atoms with Crippen LogP contribution in [0.4, 0.5) is 5.82 Å². The number of aryl methyl sites for hydroxylation is 1. The van der Waals surface area contributed by atoms with Crippen molar-refractivity contribution in [2.45, 2.75) is 25.8 Å². The summed E-state index contributed by atoms with van der Waals surface area (Å²) in [7, 11) is 0. The van der Waals surface area contributed by atoms with Gasteiger partial charge in [0.25, 0.3) is 0 Å². The minimum absolute atomic E-state index is 0.450. The van der Waals surface area contributed by atoms with Gasteiger partial charge in [-0.2, -0.15) is 0 Å². The lowest BCUT2D eigenvalue weighted by Gasteiger charge is -2.23. The number of hydrogen-bond donors (Lipinski definition) is 0. The third-order valence-electron chi connectivity index (χ3n) is 2.61. The van der Waals surface area contributed by atoms with Gasteiger partial charge in [0.15, 0.2) is 0 Å². The van der Waals surface area contributed by atoms with Crippen LogP contribution in [-0.2, 0) is 0 Å². The lowest BCUT2D eigenvalue weighted by Crippen LogP contribution is -2.31. The molecular weight excluding hydrogens is 198 g/mol. The van der Waals surface area contributed by atoms with Gasteiger partial charge in [-0.25, -0.2) is 9.97 Å². The number of aromatic nitrogens is 2. The van der Waals surface area contributed by atoms with Crippen LogP contribution in [0, 0.1) is 6.92 Å². The number of nitrogens with zero attached hydrogens (tertiary/aromatic N) is 3. The van der Waals surface area contributed by atoms with Crippen LogP contribution in [0.15, 0.2) is 12.3 Å². The summed E-state index contributed by atoms with van der Waals surface area (Å²) >= 11 is 5.91. The second-order valence-corrected chi connectivity index (χ2v) is 3.91. The van der Waals surface area contributed by atoms with E-state index < -0.39 is 0 Å². The normalized spacial score (nSPS) is 21.6. The summed E-state index contributed by atoms with van der Waals surface area (Å²) in [5.74, 6) is 2.52. The first-order valence-electron chi connectivity index (χ1n) is 4.93. The van der Waals surface area contributed by atoms with Crippen molar-refractivity contribution < 1.29 is 0 Å². The van der Waals surface area contributed by atoms with Gasteiger partial charge in [-0.05, 0) is 25.8 Å². The zero-order chi connectivity index (χ0) is 9.97. The molecule has 0 aromatic carbocycles. The number of halogens is 1. The van der Waals surface area contributed by atoms with Gasteiger partial charge in [0.2, 0.25) is 0 Å². The Balaban J connectivity index is 2.21. The van der Waals surface area contributed by atoms with Crippen molar-refractivity contribution in [3.63, 3.8) is 0 Å². The molecule has 4 heteroatoms. The van der Waals surface area contributed by atoms with Crippen LogP contribution in [-0.4, -0.2) is 28.4 Å². The molecule has 1 aliphatic rings. The lowest BCUT2D eigenvalue weighted by atomic mass is 10.2. The minimum atomic E-state index is 0.450. The molecule has 0 bridgehead atoms. The molecule has 0 amide bonds. The van der Waals surface area contributed by atoms with Crippen LogP contribution in [0.2, 0.25) is 0 Å². The Morgan fingerprint density at radius 2 is 2.50 bits per heavy atom. The van der Waals surface area contributed by atoms with Gasteiger partial charge in [-0.3, -0.25) is 0 Å². The molecule has 1 unspecified atom stereocenters. The Kier molecular flexibility index (Phi) is 2.87. The first kappa shape index (κ1) is 9.71. The lowest BCUT2D eigenvalue weighted by molar-refractivity contribution is 0.730. The molecule has 2 heterocycles. The van der Waals surface area contributed by atoms with E-state index in [0.717, 1.165) is 18.2 Å². The zero-order valence-corrected chi connectivity index (χ0v) is 9.04. The SMILES string of the molecule is Cc1nccc(N2CCCC2CCl)n1. The molecule has 1 aromatic rings. The average molecular weight is 212 g/mol. The highest BCUT2D eigenvalue weighted by Gasteiger charge is 2.24. The molecule has 0 aliphatic carbocycles. The van der Waals surface area contributed by atoms with Gasteiger partial charge in [-0.15, -0.1) is 11.6 Å². The van der Waals surface area contributed by atoms with Crippen LogP contribution in [0.1, 0.15) is 18.7 Å². The van der Waals surface area contributed by atoms with Crippen LogP contribution in [0.3, 0.4) is 0 Å². The maximum absolute atomic E-state index is 5.91. The largest absolute Gasteiger partial charge is 0.352 e. The fourth-order valence-electron chi connectivity index (χ4n) is 1.90. The van der Waals surface area contributed by atoms with E-state index in [1.807, 2.05) is 13.0 Å². The second kappa shape index (κ2) is 4.13. The Morgan fingerprint density at radius 3 is 3.21 bits per heavy atom. The molecule has 0 N–H and O–H groups in total. The van der Waals surface area contributed by atoms with E-state index in [0.29, 0.717) is 11.9 Å². The van der Waals surface area contributed by atoms with Crippen LogP contribution < -0.4 is 4.90 Å². The molecule has 0 radical (unpaired) electrons. The highest BCUT2D eigenvalue weighted by atomic mass is 35.5. The zero-order valence-electron chi connectivity index (χ0n) is 8.28. The molecule has 0 saturated carbocycles. The van der Waals surface area contributed by atoms with Crippen molar-refractivity contribution in [3.8, 4) is 0 Å². The van der Waals surface area contributed by atoms with Crippen LogP contribution in [0.25, 0.3) is 0 Å².